The number of hydrogen-bond donors (Lipinski definition) is 3. The van der Waals surface area contributed by atoms with Gasteiger partial charge in [-0.2, -0.15) is 0 Å². The first kappa shape index (κ1) is 12.2. The third kappa shape index (κ3) is 3.23. The molecule has 1 unspecified atom stereocenters. The van der Waals surface area contributed by atoms with E-state index in [0.29, 0.717) is 0 Å². The average Bonchev–Trinajstić information content (AvgIpc) is 2.12. The zero-order valence-electron chi connectivity index (χ0n) is 7.60. The van der Waals surface area contributed by atoms with Crippen molar-refractivity contribution in [1.29, 1.82) is 0 Å². The minimum absolute atomic E-state index is 0.283. The van der Waals surface area contributed by atoms with Crippen molar-refractivity contribution >= 4 is 5.78 Å². The fourth-order valence-electron chi connectivity index (χ4n) is 0.890. The van der Waals surface area contributed by atoms with Gasteiger partial charge in [-0.05, 0) is 12.5 Å². The lowest BCUT2D eigenvalue weighted by molar-refractivity contribution is -0.126. The maximum absolute atomic E-state index is 11.3. The first-order valence-corrected chi connectivity index (χ1v) is 3.84. The second kappa shape index (κ2) is 5.82. The average molecular weight is 189 g/mol. The molecule has 0 spiro atoms. The van der Waals surface area contributed by atoms with E-state index in [9.17, 15) is 4.79 Å². The second-order valence-electron chi connectivity index (χ2n) is 2.71. The monoisotopic (exact) mass is 189 g/mol. The normalized spacial score (nSPS) is 13.0. The summed E-state index contributed by atoms with van der Waals surface area (Å²) in [6, 6.07) is -0.910. The van der Waals surface area contributed by atoms with Crippen LogP contribution in [0.4, 0.5) is 0 Å². The number of nitrogens with zero attached hydrogens (tertiary/aromatic N) is 1. The lowest BCUT2D eigenvalue weighted by Crippen LogP contribution is -2.45. The Labute approximate surface area is 76.9 Å². The van der Waals surface area contributed by atoms with E-state index in [0.717, 1.165) is 4.90 Å². The van der Waals surface area contributed by atoms with E-state index in [1.807, 2.05) is 0 Å². The summed E-state index contributed by atoms with van der Waals surface area (Å²) in [7, 11) is 0. The molecule has 0 fully saturated rings. The highest BCUT2D eigenvalue weighted by molar-refractivity contribution is 5.98. The molecule has 5 heteroatoms. The Hall–Kier alpha value is -0.750. The van der Waals surface area contributed by atoms with E-state index in [1.165, 1.54) is 6.92 Å². The molecule has 0 aromatic rings. The van der Waals surface area contributed by atoms with Gasteiger partial charge in [-0.25, -0.2) is 4.90 Å². The van der Waals surface area contributed by atoms with Crippen molar-refractivity contribution in [2.75, 3.05) is 20.1 Å². The van der Waals surface area contributed by atoms with Crippen LogP contribution in [-0.2, 0) is 4.79 Å². The molecule has 0 aromatic carbocycles. The maximum Gasteiger partial charge on any atom is 0.177 e. The van der Waals surface area contributed by atoms with Gasteiger partial charge in [-0.3, -0.25) is 4.79 Å². The quantitative estimate of drug-likeness (QED) is 0.357. The van der Waals surface area contributed by atoms with Gasteiger partial charge in [0.15, 0.2) is 5.78 Å². The molecule has 0 aliphatic rings. The molecule has 0 amide bonds. The van der Waals surface area contributed by atoms with Gasteiger partial charge in [0, 0.05) is 0 Å². The molecule has 0 radical (unpaired) electrons. The highest BCUT2D eigenvalue weighted by atomic mass is 16.3. The molecule has 0 aliphatic carbocycles. The van der Waals surface area contributed by atoms with Crippen LogP contribution in [0.2, 0.25) is 0 Å². The van der Waals surface area contributed by atoms with Crippen molar-refractivity contribution in [3.63, 3.8) is 0 Å². The molecule has 13 heavy (non-hydrogen) atoms. The molecule has 0 aliphatic heterocycles. The summed E-state index contributed by atoms with van der Waals surface area (Å²) >= 11 is 0. The Morgan fingerprint density at radius 3 is 2.08 bits per heavy atom. The van der Waals surface area contributed by atoms with Crippen molar-refractivity contribution in [2.45, 2.75) is 13.0 Å². The van der Waals surface area contributed by atoms with Crippen LogP contribution in [0, 0.1) is 0 Å². The predicted octanol–water partition coefficient (Wildman–Crippen LogP) is -1.31. The molecule has 0 bridgehead atoms. The highest BCUT2D eigenvalue weighted by Crippen LogP contribution is 2.04. The molecular formula is C8H15NO4. The van der Waals surface area contributed by atoms with Crippen LogP contribution in [0.15, 0.2) is 12.2 Å². The Morgan fingerprint density at radius 2 is 1.85 bits per heavy atom. The van der Waals surface area contributed by atoms with Crippen molar-refractivity contribution in [1.82, 2.24) is 4.90 Å². The fraction of sp³-hybridized carbons (Fsp3) is 0.625. The van der Waals surface area contributed by atoms with Gasteiger partial charge in [0.25, 0.3) is 0 Å². The standard InChI is InChI=1S/C8H15NO4/c1-6(2)8(13)7(3-10)9(4-11)5-12/h7,10-12H,1,3-5H2,2H3. The van der Waals surface area contributed by atoms with Crippen LogP contribution < -0.4 is 0 Å². The lowest BCUT2D eigenvalue weighted by Gasteiger charge is -2.24. The first-order chi connectivity index (χ1) is 6.08. The summed E-state index contributed by atoms with van der Waals surface area (Å²) in [5, 5.41) is 26.3. The largest absolute Gasteiger partial charge is 0.394 e. The number of ketones is 1. The van der Waals surface area contributed by atoms with E-state index in [1.54, 1.807) is 0 Å². The smallest absolute Gasteiger partial charge is 0.177 e. The van der Waals surface area contributed by atoms with Gasteiger partial charge in [0.1, 0.15) is 6.04 Å². The third-order valence-corrected chi connectivity index (χ3v) is 1.70. The molecule has 0 heterocycles. The summed E-state index contributed by atoms with van der Waals surface area (Å²) in [5.41, 5.74) is 0.283. The molecule has 0 aromatic heterocycles. The summed E-state index contributed by atoms with van der Waals surface area (Å²) in [6.45, 7) is 3.51. The molecule has 0 saturated heterocycles. The van der Waals surface area contributed by atoms with Gasteiger partial charge >= 0.3 is 0 Å². The predicted molar refractivity (Wildman–Crippen MR) is 46.7 cm³/mol. The minimum atomic E-state index is -0.910. The number of carbonyl (C=O) groups excluding carboxylic acids is 1. The molecule has 76 valence electrons. The van der Waals surface area contributed by atoms with E-state index < -0.39 is 26.1 Å². The number of rotatable bonds is 6. The van der Waals surface area contributed by atoms with E-state index in [4.69, 9.17) is 15.3 Å². The Bertz CT molecular complexity index is 189. The van der Waals surface area contributed by atoms with Gasteiger partial charge in [-0.15, -0.1) is 0 Å². The highest BCUT2D eigenvalue weighted by Gasteiger charge is 2.24. The summed E-state index contributed by atoms with van der Waals surface area (Å²) in [6.07, 6.45) is 0. The second-order valence-corrected chi connectivity index (χ2v) is 2.71. The lowest BCUT2D eigenvalue weighted by atomic mass is 10.1. The number of hydrogen-bond acceptors (Lipinski definition) is 5. The number of aliphatic hydroxyl groups is 3. The van der Waals surface area contributed by atoms with Crippen LogP contribution >= 0.6 is 0 Å². The fourth-order valence-corrected chi connectivity index (χ4v) is 0.890. The molecular weight excluding hydrogens is 174 g/mol. The third-order valence-electron chi connectivity index (χ3n) is 1.70. The Kier molecular flexibility index (Phi) is 5.48. The Morgan fingerprint density at radius 1 is 1.38 bits per heavy atom. The SMILES string of the molecule is C=C(C)C(=O)C(CO)N(CO)CO. The van der Waals surface area contributed by atoms with Gasteiger partial charge in [-0.1, -0.05) is 6.58 Å². The zero-order valence-corrected chi connectivity index (χ0v) is 7.60. The molecule has 1 atom stereocenters. The summed E-state index contributed by atoms with van der Waals surface area (Å²) in [5.74, 6) is -0.384. The first-order valence-electron chi connectivity index (χ1n) is 3.84. The van der Waals surface area contributed by atoms with Gasteiger partial charge in [0.2, 0.25) is 0 Å². The van der Waals surface area contributed by atoms with Crippen LogP contribution in [0.25, 0.3) is 0 Å². The maximum atomic E-state index is 11.3. The van der Waals surface area contributed by atoms with E-state index in [2.05, 4.69) is 6.58 Å². The van der Waals surface area contributed by atoms with Crippen molar-refractivity contribution < 1.29 is 20.1 Å². The van der Waals surface area contributed by atoms with Crippen LogP contribution in [-0.4, -0.2) is 52.1 Å². The van der Waals surface area contributed by atoms with Gasteiger partial charge < -0.3 is 15.3 Å². The molecule has 0 saturated carbocycles. The summed E-state index contributed by atoms with van der Waals surface area (Å²) in [4.78, 5) is 12.3. The zero-order chi connectivity index (χ0) is 10.4. The Balaban J connectivity index is 4.47. The molecule has 5 nitrogen and oxygen atoms in total. The van der Waals surface area contributed by atoms with Crippen molar-refractivity contribution in [2.24, 2.45) is 0 Å². The topological polar surface area (TPSA) is 81.0 Å². The van der Waals surface area contributed by atoms with Crippen LogP contribution in [0.5, 0.6) is 0 Å². The number of carbonyl (C=O) groups is 1. The number of aliphatic hydroxyl groups excluding tert-OH is 3. The van der Waals surface area contributed by atoms with E-state index in [-0.39, 0.29) is 11.4 Å². The van der Waals surface area contributed by atoms with Crippen LogP contribution in [0.1, 0.15) is 6.92 Å². The summed E-state index contributed by atoms with van der Waals surface area (Å²) < 4.78 is 0. The number of Topliss-reactive ketones (excluding diaryl/α,β-unsaturated/α-hetero) is 1. The van der Waals surface area contributed by atoms with Crippen molar-refractivity contribution in [3.8, 4) is 0 Å². The van der Waals surface area contributed by atoms with Gasteiger partial charge in [0.05, 0.1) is 20.1 Å². The molecule has 0 rings (SSSR count). The van der Waals surface area contributed by atoms with Crippen LogP contribution in [0.3, 0.4) is 0 Å². The van der Waals surface area contributed by atoms with E-state index >= 15 is 0 Å². The minimum Gasteiger partial charge on any atom is -0.394 e. The van der Waals surface area contributed by atoms with Crippen molar-refractivity contribution in [3.05, 3.63) is 12.2 Å². The molecule has 3 N–H and O–H groups in total.